The maximum atomic E-state index is 12.7. The van der Waals surface area contributed by atoms with Gasteiger partial charge in [-0.2, -0.15) is 0 Å². The van der Waals surface area contributed by atoms with Crippen LogP contribution in [0.25, 0.3) is 0 Å². The Morgan fingerprint density at radius 3 is 2.55 bits per heavy atom. The lowest BCUT2D eigenvalue weighted by atomic mass is 9.95. The first kappa shape index (κ1) is 14.9. The van der Waals surface area contributed by atoms with E-state index in [4.69, 9.17) is 11.6 Å². The van der Waals surface area contributed by atoms with Crippen LogP contribution in [-0.4, -0.2) is 29.3 Å². The molecule has 0 saturated heterocycles. The highest BCUT2D eigenvalue weighted by atomic mass is 35.5. The van der Waals surface area contributed by atoms with Crippen LogP contribution in [0.5, 0.6) is 0 Å². The molecule has 0 radical (unpaired) electrons. The van der Waals surface area contributed by atoms with Crippen LogP contribution in [0.4, 0.5) is 5.69 Å². The normalized spacial score (nSPS) is 19.4. The molecule has 1 aliphatic rings. The summed E-state index contributed by atoms with van der Waals surface area (Å²) in [6, 6.07) is 4.43. The lowest BCUT2D eigenvalue weighted by Gasteiger charge is -2.32. The molecule has 0 spiro atoms. The third-order valence-electron chi connectivity index (χ3n) is 3.22. The third-order valence-corrected chi connectivity index (χ3v) is 3.46. The molecule has 0 bridgehead atoms. The number of benzene rings is 1. The number of carbonyl (C=O) groups is 2. The van der Waals surface area contributed by atoms with Crippen molar-refractivity contribution in [2.75, 3.05) is 11.9 Å². The highest BCUT2D eigenvalue weighted by Crippen LogP contribution is 2.28. The van der Waals surface area contributed by atoms with Gasteiger partial charge in [0.2, 0.25) is 5.91 Å². The van der Waals surface area contributed by atoms with Gasteiger partial charge in [-0.15, -0.1) is 0 Å². The Balaban J connectivity index is 2.48. The van der Waals surface area contributed by atoms with Gasteiger partial charge in [0.25, 0.3) is 5.91 Å². The minimum Gasteiger partial charge on any atom is -0.326 e. The largest absolute Gasteiger partial charge is 0.326 e. The summed E-state index contributed by atoms with van der Waals surface area (Å²) in [4.78, 5) is 26.5. The van der Waals surface area contributed by atoms with E-state index in [2.05, 4.69) is 5.32 Å². The summed E-state index contributed by atoms with van der Waals surface area (Å²) < 4.78 is 0. The lowest BCUT2D eigenvalue weighted by molar-refractivity contribution is -0.120. The summed E-state index contributed by atoms with van der Waals surface area (Å²) >= 11 is 5.97. The predicted octanol–water partition coefficient (Wildman–Crippen LogP) is 3.17. The van der Waals surface area contributed by atoms with Crippen LogP contribution < -0.4 is 5.32 Å². The number of hydrogen-bond donors (Lipinski definition) is 1. The van der Waals surface area contributed by atoms with Gasteiger partial charge < -0.3 is 10.2 Å². The van der Waals surface area contributed by atoms with Gasteiger partial charge in [-0.3, -0.25) is 9.59 Å². The molecule has 1 unspecified atom stereocenters. The number of nitrogens with zero attached hydrogens (tertiary/aromatic N) is 1. The average molecular weight is 295 g/mol. The van der Waals surface area contributed by atoms with Gasteiger partial charge in [-0.05, 0) is 30.5 Å². The van der Waals surface area contributed by atoms with Gasteiger partial charge in [0.15, 0.2) is 0 Å². The first-order chi connectivity index (χ1) is 9.19. The highest BCUT2D eigenvalue weighted by molar-refractivity contribution is 6.31. The van der Waals surface area contributed by atoms with Crippen molar-refractivity contribution in [3.8, 4) is 0 Å². The predicted molar refractivity (Wildman–Crippen MR) is 80.0 cm³/mol. The van der Waals surface area contributed by atoms with Crippen molar-refractivity contribution in [2.24, 2.45) is 5.41 Å². The summed E-state index contributed by atoms with van der Waals surface area (Å²) in [5.74, 6) is -0.341. The van der Waals surface area contributed by atoms with Crippen molar-refractivity contribution < 1.29 is 9.59 Å². The maximum absolute atomic E-state index is 12.7. The number of amides is 2. The second-order valence-corrected chi connectivity index (χ2v) is 6.79. The fourth-order valence-electron chi connectivity index (χ4n) is 2.23. The zero-order valence-corrected chi connectivity index (χ0v) is 12.9. The van der Waals surface area contributed by atoms with E-state index >= 15 is 0 Å². The molecule has 0 saturated carbocycles. The smallest absolute Gasteiger partial charge is 0.256 e. The molecule has 1 aliphatic heterocycles. The molecular weight excluding hydrogens is 276 g/mol. The molecule has 20 heavy (non-hydrogen) atoms. The highest BCUT2D eigenvalue weighted by Gasteiger charge is 2.34. The number of carbonyl (C=O) groups excluding carboxylic acids is 2. The molecule has 4 nitrogen and oxygen atoms in total. The van der Waals surface area contributed by atoms with E-state index in [1.54, 1.807) is 30.0 Å². The molecule has 1 aromatic carbocycles. The zero-order valence-electron chi connectivity index (χ0n) is 12.2. The van der Waals surface area contributed by atoms with Crippen molar-refractivity contribution in [2.45, 2.75) is 33.7 Å². The number of nitrogens with one attached hydrogen (secondary N) is 1. The minimum absolute atomic E-state index is 0.0900. The van der Waals surface area contributed by atoms with E-state index in [9.17, 15) is 9.59 Å². The lowest BCUT2D eigenvalue weighted by Crippen LogP contribution is -2.46. The third kappa shape index (κ3) is 2.96. The van der Waals surface area contributed by atoms with E-state index in [0.29, 0.717) is 22.8 Å². The van der Waals surface area contributed by atoms with Crippen molar-refractivity contribution in [3.63, 3.8) is 0 Å². The fourth-order valence-corrected chi connectivity index (χ4v) is 2.40. The Kier molecular flexibility index (Phi) is 3.78. The van der Waals surface area contributed by atoms with E-state index in [1.807, 2.05) is 20.8 Å². The van der Waals surface area contributed by atoms with Crippen LogP contribution in [0, 0.1) is 5.41 Å². The second-order valence-electron chi connectivity index (χ2n) is 6.35. The quantitative estimate of drug-likeness (QED) is 0.865. The summed E-state index contributed by atoms with van der Waals surface area (Å²) in [7, 11) is 0. The van der Waals surface area contributed by atoms with Gasteiger partial charge in [0.05, 0.1) is 11.3 Å². The number of anilines is 1. The molecule has 0 fully saturated rings. The Morgan fingerprint density at radius 2 is 1.95 bits per heavy atom. The number of halogens is 1. The topological polar surface area (TPSA) is 49.4 Å². The molecule has 5 heteroatoms. The van der Waals surface area contributed by atoms with Gasteiger partial charge in [0.1, 0.15) is 6.04 Å². The van der Waals surface area contributed by atoms with Crippen molar-refractivity contribution >= 4 is 29.1 Å². The van der Waals surface area contributed by atoms with Crippen molar-refractivity contribution in [3.05, 3.63) is 28.8 Å². The molecule has 0 aromatic heterocycles. The maximum Gasteiger partial charge on any atom is 0.256 e. The Bertz CT molecular complexity index is 563. The van der Waals surface area contributed by atoms with E-state index in [0.717, 1.165) is 0 Å². The summed E-state index contributed by atoms with van der Waals surface area (Å²) in [5.41, 5.74) is 0.875. The Hall–Kier alpha value is -1.55. The van der Waals surface area contributed by atoms with Crippen molar-refractivity contribution in [1.82, 2.24) is 4.90 Å². The monoisotopic (exact) mass is 294 g/mol. The molecule has 2 rings (SSSR count). The van der Waals surface area contributed by atoms with Gasteiger partial charge in [-0.1, -0.05) is 32.4 Å². The van der Waals surface area contributed by atoms with Gasteiger partial charge in [-0.25, -0.2) is 0 Å². The molecular formula is C15H19ClN2O2. The molecule has 1 aromatic rings. The second kappa shape index (κ2) is 5.09. The van der Waals surface area contributed by atoms with E-state index in [1.165, 1.54) is 0 Å². The van der Waals surface area contributed by atoms with Crippen LogP contribution in [0.15, 0.2) is 18.2 Å². The first-order valence-corrected chi connectivity index (χ1v) is 6.98. The molecule has 2 amide bonds. The minimum atomic E-state index is -0.507. The summed E-state index contributed by atoms with van der Waals surface area (Å²) in [6.45, 7) is 8.36. The van der Waals surface area contributed by atoms with Crippen LogP contribution in [-0.2, 0) is 4.79 Å². The average Bonchev–Trinajstić information content (AvgIpc) is 2.41. The molecule has 1 heterocycles. The standard InChI is InChI=1S/C15H19ClN2O2/c1-9-13(19)17-12-6-5-10(16)7-11(12)14(20)18(9)8-15(2,3)4/h5-7,9H,8H2,1-4H3,(H,17,19). The Labute approximate surface area is 124 Å². The number of hydrogen-bond acceptors (Lipinski definition) is 2. The first-order valence-electron chi connectivity index (χ1n) is 6.60. The zero-order chi connectivity index (χ0) is 15.1. The van der Waals surface area contributed by atoms with Crippen LogP contribution in [0.2, 0.25) is 5.02 Å². The van der Waals surface area contributed by atoms with Gasteiger partial charge in [0, 0.05) is 11.6 Å². The summed E-state index contributed by atoms with van der Waals surface area (Å²) in [5, 5.41) is 3.27. The summed E-state index contributed by atoms with van der Waals surface area (Å²) in [6.07, 6.45) is 0. The van der Waals surface area contributed by atoms with Crippen LogP contribution in [0.1, 0.15) is 38.1 Å². The number of fused-ring (bicyclic) bond motifs is 1. The van der Waals surface area contributed by atoms with Crippen LogP contribution >= 0.6 is 11.6 Å². The van der Waals surface area contributed by atoms with Crippen LogP contribution in [0.3, 0.4) is 0 Å². The Morgan fingerprint density at radius 1 is 1.30 bits per heavy atom. The number of rotatable bonds is 1. The molecule has 1 N–H and O–H groups in total. The fraction of sp³-hybridized carbons (Fsp3) is 0.467. The van der Waals surface area contributed by atoms with Crippen molar-refractivity contribution in [1.29, 1.82) is 0 Å². The molecule has 108 valence electrons. The van der Waals surface area contributed by atoms with E-state index < -0.39 is 6.04 Å². The van der Waals surface area contributed by atoms with Gasteiger partial charge >= 0.3 is 0 Å². The SMILES string of the molecule is CC1C(=O)Nc2ccc(Cl)cc2C(=O)N1CC(C)(C)C. The molecule has 0 aliphatic carbocycles. The van der Waals surface area contributed by atoms with E-state index in [-0.39, 0.29) is 17.2 Å². The molecule has 1 atom stereocenters.